The van der Waals surface area contributed by atoms with Gasteiger partial charge in [0.15, 0.2) is 5.96 Å². The van der Waals surface area contributed by atoms with Gasteiger partial charge in [-0.3, -0.25) is 9.67 Å². The fraction of sp³-hybridized carbons (Fsp3) is 0.800. The minimum Gasteiger partial charge on any atom is -0.378 e. The Morgan fingerprint density at radius 3 is 2.73 bits per heavy atom. The van der Waals surface area contributed by atoms with Gasteiger partial charge in [-0.25, -0.2) is 0 Å². The number of guanidine groups is 1. The molecule has 2 rings (SSSR count). The van der Waals surface area contributed by atoms with Crippen LogP contribution in [0.25, 0.3) is 0 Å². The van der Waals surface area contributed by atoms with Gasteiger partial charge in [0, 0.05) is 52.1 Å². The Labute approximate surface area is 159 Å². The largest absolute Gasteiger partial charge is 0.378 e. The minimum absolute atomic E-state index is 0.504. The Morgan fingerprint density at radius 1 is 1.31 bits per heavy atom. The summed E-state index contributed by atoms with van der Waals surface area (Å²) in [6, 6.07) is 0. The predicted molar refractivity (Wildman–Crippen MR) is 107 cm³/mol. The van der Waals surface area contributed by atoms with E-state index in [-0.39, 0.29) is 0 Å². The number of aryl methyl sites for hydroxylation is 1. The van der Waals surface area contributed by atoms with Crippen molar-refractivity contribution in [3.8, 4) is 0 Å². The smallest absolute Gasteiger partial charge is 0.193 e. The van der Waals surface area contributed by atoms with E-state index in [2.05, 4.69) is 29.3 Å². The first-order valence-electron chi connectivity index (χ1n) is 10.3. The fourth-order valence-electron chi connectivity index (χ4n) is 3.43. The van der Waals surface area contributed by atoms with Crippen molar-refractivity contribution in [1.82, 2.24) is 20.0 Å². The molecule has 6 nitrogen and oxygen atoms in total. The summed E-state index contributed by atoms with van der Waals surface area (Å²) in [5, 5.41) is 7.61. The van der Waals surface area contributed by atoms with E-state index in [4.69, 9.17) is 9.73 Å². The first-order chi connectivity index (χ1) is 12.7. The topological polar surface area (TPSA) is 54.7 Å². The van der Waals surface area contributed by atoms with Crippen LogP contribution in [0, 0.1) is 0 Å². The molecular formula is C20H37N5O. The highest BCUT2D eigenvalue weighted by Crippen LogP contribution is 2.19. The highest BCUT2D eigenvalue weighted by atomic mass is 16.5. The van der Waals surface area contributed by atoms with E-state index >= 15 is 0 Å². The van der Waals surface area contributed by atoms with Gasteiger partial charge >= 0.3 is 0 Å². The van der Waals surface area contributed by atoms with Crippen LogP contribution in [-0.4, -0.2) is 53.5 Å². The second-order valence-electron chi connectivity index (χ2n) is 7.31. The Bertz CT molecular complexity index is 520. The summed E-state index contributed by atoms with van der Waals surface area (Å²) in [7, 11) is 4.02. The van der Waals surface area contributed by atoms with E-state index in [0.717, 1.165) is 45.0 Å². The molecule has 0 bridgehead atoms. The monoisotopic (exact) mass is 363 g/mol. The summed E-state index contributed by atoms with van der Waals surface area (Å²) in [6.07, 6.45) is 14.6. The Hall–Kier alpha value is -1.56. The van der Waals surface area contributed by atoms with Crippen molar-refractivity contribution in [3.63, 3.8) is 0 Å². The van der Waals surface area contributed by atoms with Gasteiger partial charge in [-0.15, -0.1) is 0 Å². The number of unbranched alkanes of at least 4 members (excludes halogenated alkanes) is 1. The average molecular weight is 364 g/mol. The molecule has 1 aromatic heterocycles. The van der Waals surface area contributed by atoms with Gasteiger partial charge in [0.1, 0.15) is 0 Å². The second-order valence-corrected chi connectivity index (χ2v) is 7.31. The van der Waals surface area contributed by atoms with Crippen molar-refractivity contribution >= 4 is 5.96 Å². The van der Waals surface area contributed by atoms with Crippen LogP contribution in [0.2, 0.25) is 0 Å². The molecule has 26 heavy (non-hydrogen) atoms. The number of hydrogen-bond donors (Lipinski definition) is 1. The van der Waals surface area contributed by atoms with Gasteiger partial charge in [0.25, 0.3) is 0 Å². The van der Waals surface area contributed by atoms with Gasteiger partial charge in [0.05, 0.1) is 12.3 Å². The highest BCUT2D eigenvalue weighted by Gasteiger charge is 2.12. The predicted octanol–water partition coefficient (Wildman–Crippen LogP) is 3.34. The quantitative estimate of drug-likeness (QED) is 0.316. The number of hydrogen-bond acceptors (Lipinski definition) is 3. The lowest BCUT2D eigenvalue weighted by molar-refractivity contribution is 0.0412. The molecule has 1 aliphatic carbocycles. The number of ether oxygens (including phenoxy) is 1. The molecule has 1 aromatic rings. The van der Waals surface area contributed by atoms with Crippen LogP contribution in [0.5, 0.6) is 0 Å². The Morgan fingerprint density at radius 2 is 2.08 bits per heavy atom. The molecular weight excluding hydrogens is 326 g/mol. The summed E-state index contributed by atoms with van der Waals surface area (Å²) in [5.74, 6) is 0.959. The zero-order valence-corrected chi connectivity index (χ0v) is 16.9. The molecule has 0 atom stereocenters. The van der Waals surface area contributed by atoms with Crippen LogP contribution in [0.4, 0.5) is 0 Å². The van der Waals surface area contributed by atoms with Crippen molar-refractivity contribution in [1.29, 1.82) is 0 Å². The van der Waals surface area contributed by atoms with Crippen LogP contribution in [0.1, 0.15) is 63.9 Å². The Kier molecular flexibility index (Phi) is 9.53. The normalized spacial score (nSPS) is 16.5. The number of aliphatic imine (C=N–C) groups is 1. The lowest BCUT2D eigenvalue weighted by Crippen LogP contribution is -2.38. The minimum atomic E-state index is 0.504. The van der Waals surface area contributed by atoms with Crippen molar-refractivity contribution < 1.29 is 4.74 Å². The lowest BCUT2D eigenvalue weighted by Gasteiger charge is -2.21. The van der Waals surface area contributed by atoms with Gasteiger partial charge < -0.3 is 15.0 Å². The molecule has 6 heteroatoms. The van der Waals surface area contributed by atoms with E-state index < -0.39 is 0 Å². The van der Waals surface area contributed by atoms with Gasteiger partial charge in [-0.2, -0.15) is 5.10 Å². The van der Waals surface area contributed by atoms with Crippen molar-refractivity contribution in [3.05, 3.63) is 18.0 Å². The molecule has 0 saturated heterocycles. The maximum Gasteiger partial charge on any atom is 0.193 e. The SMILES string of the molecule is CCNC(=NCCCCOC1CCCCCC1)N(C)Cc1cnn(C)c1. The number of aromatic nitrogens is 2. The molecule has 1 fully saturated rings. The first kappa shape index (κ1) is 20.7. The molecule has 1 heterocycles. The molecule has 148 valence electrons. The standard InChI is InChI=1S/C20H37N5O/c1-4-21-20(24(2)16-18-15-23-25(3)17-18)22-13-9-10-14-26-19-11-7-5-6-8-12-19/h15,17,19H,4-14,16H2,1-3H3,(H,21,22). The van der Waals surface area contributed by atoms with Crippen LogP contribution in [0.3, 0.4) is 0 Å². The summed E-state index contributed by atoms with van der Waals surface area (Å²) < 4.78 is 7.90. The molecule has 0 unspecified atom stereocenters. The van der Waals surface area contributed by atoms with Crippen LogP contribution >= 0.6 is 0 Å². The molecule has 1 saturated carbocycles. The van der Waals surface area contributed by atoms with E-state index in [1.807, 2.05) is 24.1 Å². The van der Waals surface area contributed by atoms with Crippen LogP contribution in [-0.2, 0) is 18.3 Å². The average Bonchev–Trinajstić information content (AvgIpc) is 2.87. The molecule has 0 aliphatic heterocycles. The maximum atomic E-state index is 6.06. The number of nitrogens with one attached hydrogen (secondary N) is 1. The summed E-state index contributed by atoms with van der Waals surface area (Å²) in [6.45, 7) is 5.51. The van der Waals surface area contributed by atoms with E-state index in [9.17, 15) is 0 Å². The highest BCUT2D eigenvalue weighted by molar-refractivity contribution is 5.79. The lowest BCUT2D eigenvalue weighted by atomic mass is 10.1. The molecule has 0 aromatic carbocycles. The maximum absolute atomic E-state index is 6.06. The summed E-state index contributed by atoms with van der Waals surface area (Å²) >= 11 is 0. The molecule has 1 N–H and O–H groups in total. The summed E-state index contributed by atoms with van der Waals surface area (Å²) in [5.41, 5.74) is 1.19. The van der Waals surface area contributed by atoms with Gasteiger partial charge in [-0.1, -0.05) is 25.7 Å². The van der Waals surface area contributed by atoms with E-state index in [1.54, 1.807) is 0 Å². The number of nitrogens with zero attached hydrogens (tertiary/aromatic N) is 4. The van der Waals surface area contributed by atoms with Crippen molar-refractivity contribution in [2.75, 3.05) is 26.7 Å². The third-order valence-electron chi connectivity index (χ3n) is 4.84. The molecule has 1 aliphatic rings. The third kappa shape index (κ3) is 7.77. The number of rotatable bonds is 9. The summed E-state index contributed by atoms with van der Waals surface area (Å²) in [4.78, 5) is 6.92. The van der Waals surface area contributed by atoms with Crippen LogP contribution < -0.4 is 5.32 Å². The van der Waals surface area contributed by atoms with Crippen molar-refractivity contribution in [2.45, 2.75) is 70.9 Å². The van der Waals surface area contributed by atoms with Crippen LogP contribution in [0.15, 0.2) is 17.4 Å². The fourth-order valence-corrected chi connectivity index (χ4v) is 3.43. The van der Waals surface area contributed by atoms with E-state index in [0.29, 0.717) is 6.10 Å². The molecule has 0 amide bonds. The second kappa shape index (κ2) is 11.9. The zero-order valence-electron chi connectivity index (χ0n) is 16.9. The van der Waals surface area contributed by atoms with Crippen molar-refractivity contribution in [2.24, 2.45) is 12.0 Å². The Balaban J connectivity index is 1.67. The molecule has 0 radical (unpaired) electrons. The zero-order chi connectivity index (χ0) is 18.6. The first-order valence-corrected chi connectivity index (χ1v) is 10.3. The van der Waals surface area contributed by atoms with E-state index in [1.165, 1.54) is 44.1 Å². The third-order valence-corrected chi connectivity index (χ3v) is 4.84. The van der Waals surface area contributed by atoms with Gasteiger partial charge in [0.2, 0.25) is 0 Å². The van der Waals surface area contributed by atoms with Gasteiger partial charge in [-0.05, 0) is 32.6 Å². The molecule has 0 spiro atoms.